The van der Waals surface area contributed by atoms with E-state index in [0.29, 0.717) is 16.8 Å². The molecule has 1 atom stereocenters. The molecule has 19 heavy (non-hydrogen) atoms. The standard InChI is InChI=1S/C14H20ClN3O/c1-4-12-7-11(8-13(15)16-12)14(19)18-6-5-17(3)10(2)9-18/h7-8,10H,4-6,9H2,1-3H3. The van der Waals surface area contributed by atoms with Crippen LogP contribution in [-0.2, 0) is 6.42 Å². The van der Waals surface area contributed by atoms with Crippen molar-refractivity contribution in [1.82, 2.24) is 14.8 Å². The Kier molecular flexibility index (Phi) is 4.42. The van der Waals surface area contributed by atoms with Crippen LogP contribution >= 0.6 is 11.6 Å². The third kappa shape index (κ3) is 3.25. The van der Waals surface area contributed by atoms with E-state index in [1.54, 1.807) is 6.07 Å². The van der Waals surface area contributed by atoms with Crippen LogP contribution in [0.15, 0.2) is 12.1 Å². The van der Waals surface area contributed by atoms with Gasteiger partial charge in [-0.25, -0.2) is 4.98 Å². The van der Waals surface area contributed by atoms with E-state index in [9.17, 15) is 4.79 Å². The Morgan fingerprint density at radius 1 is 1.47 bits per heavy atom. The van der Waals surface area contributed by atoms with Crippen LogP contribution in [0.3, 0.4) is 0 Å². The van der Waals surface area contributed by atoms with Gasteiger partial charge >= 0.3 is 0 Å². The highest BCUT2D eigenvalue weighted by atomic mass is 35.5. The number of aryl methyl sites for hydroxylation is 1. The summed E-state index contributed by atoms with van der Waals surface area (Å²) >= 11 is 5.97. The summed E-state index contributed by atoms with van der Waals surface area (Å²) in [5.41, 5.74) is 1.51. The zero-order valence-electron chi connectivity index (χ0n) is 11.7. The molecule has 0 N–H and O–H groups in total. The van der Waals surface area contributed by atoms with Crippen LogP contribution in [0.5, 0.6) is 0 Å². The molecule has 0 spiro atoms. The van der Waals surface area contributed by atoms with Gasteiger partial charge in [-0.2, -0.15) is 0 Å². The maximum absolute atomic E-state index is 12.5. The third-order valence-corrected chi connectivity index (χ3v) is 3.90. The summed E-state index contributed by atoms with van der Waals surface area (Å²) in [7, 11) is 2.09. The lowest BCUT2D eigenvalue weighted by Crippen LogP contribution is -2.52. The van der Waals surface area contributed by atoms with E-state index in [-0.39, 0.29) is 5.91 Å². The molecule has 0 radical (unpaired) electrons. The summed E-state index contributed by atoms with van der Waals surface area (Å²) in [6.07, 6.45) is 0.778. The van der Waals surface area contributed by atoms with Gasteiger partial charge in [0, 0.05) is 36.9 Å². The highest BCUT2D eigenvalue weighted by Gasteiger charge is 2.25. The normalized spacial score (nSPS) is 20.6. The molecule has 1 aromatic rings. The summed E-state index contributed by atoms with van der Waals surface area (Å²) in [5.74, 6) is 0.0546. The molecule has 0 bridgehead atoms. The molecule has 104 valence electrons. The van der Waals surface area contributed by atoms with Gasteiger partial charge in [-0.3, -0.25) is 4.79 Å². The second kappa shape index (κ2) is 5.88. The summed E-state index contributed by atoms with van der Waals surface area (Å²) in [6, 6.07) is 3.89. The zero-order valence-corrected chi connectivity index (χ0v) is 12.4. The zero-order chi connectivity index (χ0) is 14.0. The van der Waals surface area contributed by atoms with Crippen molar-refractivity contribution >= 4 is 17.5 Å². The molecule has 1 unspecified atom stereocenters. The second-order valence-corrected chi connectivity index (χ2v) is 5.49. The number of piperazine rings is 1. The predicted octanol–water partition coefficient (Wildman–Crippen LogP) is 2.07. The maximum Gasteiger partial charge on any atom is 0.254 e. The van der Waals surface area contributed by atoms with Gasteiger partial charge in [0.05, 0.1) is 0 Å². The fraction of sp³-hybridized carbons (Fsp3) is 0.571. The topological polar surface area (TPSA) is 36.4 Å². The molecular formula is C14H20ClN3O. The quantitative estimate of drug-likeness (QED) is 0.779. The van der Waals surface area contributed by atoms with Crippen LogP contribution in [-0.4, -0.2) is 53.4 Å². The van der Waals surface area contributed by atoms with E-state index in [1.165, 1.54) is 0 Å². The molecular weight excluding hydrogens is 262 g/mol. The van der Waals surface area contributed by atoms with E-state index in [2.05, 4.69) is 23.9 Å². The predicted molar refractivity (Wildman–Crippen MR) is 76.6 cm³/mol. The lowest BCUT2D eigenvalue weighted by atomic mass is 10.1. The monoisotopic (exact) mass is 281 g/mol. The minimum Gasteiger partial charge on any atom is -0.336 e. The molecule has 1 aliphatic rings. The molecule has 2 heterocycles. The van der Waals surface area contributed by atoms with Gasteiger partial charge in [0.15, 0.2) is 0 Å². The summed E-state index contributed by atoms with van der Waals surface area (Å²) in [6.45, 7) is 6.57. The van der Waals surface area contributed by atoms with E-state index in [0.717, 1.165) is 31.7 Å². The van der Waals surface area contributed by atoms with Crippen molar-refractivity contribution in [2.24, 2.45) is 0 Å². The first kappa shape index (κ1) is 14.3. The number of nitrogens with zero attached hydrogens (tertiary/aromatic N) is 3. The number of carbonyl (C=O) groups excluding carboxylic acids is 1. The van der Waals surface area contributed by atoms with Crippen molar-refractivity contribution in [3.63, 3.8) is 0 Å². The number of aromatic nitrogens is 1. The van der Waals surface area contributed by atoms with Crippen LogP contribution in [0.4, 0.5) is 0 Å². The summed E-state index contributed by atoms with van der Waals surface area (Å²) in [5, 5.41) is 0.393. The minimum absolute atomic E-state index is 0.0546. The maximum atomic E-state index is 12.5. The fourth-order valence-electron chi connectivity index (χ4n) is 2.27. The Morgan fingerprint density at radius 2 is 2.21 bits per heavy atom. The number of carbonyl (C=O) groups is 1. The van der Waals surface area contributed by atoms with Crippen LogP contribution in [0.25, 0.3) is 0 Å². The SMILES string of the molecule is CCc1cc(C(=O)N2CCN(C)C(C)C2)cc(Cl)n1. The molecule has 1 amide bonds. The molecule has 1 aliphatic heterocycles. The van der Waals surface area contributed by atoms with Crippen molar-refractivity contribution < 1.29 is 4.79 Å². The van der Waals surface area contributed by atoms with Crippen LogP contribution in [0.1, 0.15) is 29.9 Å². The number of halogens is 1. The van der Waals surface area contributed by atoms with Gasteiger partial charge in [0.25, 0.3) is 5.91 Å². The van der Waals surface area contributed by atoms with Gasteiger partial charge in [-0.15, -0.1) is 0 Å². The smallest absolute Gasteiger partial charge is 0.254 e. The Hall–Kier alpha value is -1.13. The largest absolute Gasteiger partial charge is 0.336 e. The van der Waals surface area contributed by atoms with Gasteiger partial charge in [-0.05, 0) is 32.5 Å². The molecule has 4 nitrogen and oxygen atoms in total. The average Bonchev–Trinajstić information content (AvgIpc) is 2.40. The first-order chi connectivity index (χ1) is 9.01. The van der Waals surface area contributed by atoms with Crippen LogP contribution in [0, 0.1) is 0 Å². The van der Waals surface area contributed by atoms with Crippen LogP contribution < -0.4 is 0 Å². The Bertz CT molecular complexity index is 478. The molecule has 0 aromatic carbocycles. The Balaban J connectivity index is 2.17. The van der Waals surface area contributed by atoms with E-state index in [4.69, 9.17) is 11.6 Å². The minimum atomic E-state index is 0.0546. The summed E-state index contributed by atoms with van der Waals surface area (Å²) < 4.78 is 0. The number of likely N-dealkylation sites (N-methyl/N-ethyl adjacent to an activating group) is 1. The summed E-state index contributed by atoms with van der Waals surface area (Å²) in [4.78, 5) is 20.8. The van der Waals surface area contributed by atoms with Crippen LogP contribution in [0.2, 0.25) is 5.15 Å². The van der Waals surface area contributed by atoms with Gasteiger partial charge in [-0.1, -0.05) is 18.5 Å². The molecule has 5 heteroatoms. The second-order valence-electron chi connectivity index (χ2n) is 5.10. The average molecular weight is 282 g/mol. The molecule has 0 aliphatic carbocycles. The Morgan fingerprint density at radius 3 is 2.84 bits per heavy atom. The molecule has 1 saturated heterocycles. The number of hydrogen-bond acceptors (Lipinski definition) is 3. The first-order valence-electron chi connectivity index (χ1n) is 6.67. The molecule has 1 fully saturated rings. The van der Waals surface area contributed by atoms with E-state index in [1.807, 2.05) is 17.9 Å². The van der Waals surface area contributed by atoms with Crippen molar-refractivity contribution in [3.8, 4) is 0 Å². The highest BCUT2D eigenvalue weighted by Crippen LogP contribution is 2.16. The number of rotatable bonds is 2. The van der Waals surface area contributed by atoms with Gasteiger partial charge in [0.1, 0.15) is 5.15 Å². The Labute approximate surface area is 119 Å². The third-order valence-electron chi connectivity index (χ3n) is 3.70. The van der Waals surface area contributed by atoms with E-state index >= 15 is 0 Å². The lowest BCUT2D eigenvalue weighted by Gasteiger charge is -2.37. The number of pyridine rings is 1. The molecule has 0 saturated carbocycles. The van der Waals surface area contributed by atoms with Crippen molar-refractivity contribution in [3.05, 3.63) is 28.5 Å². The lowest BCUT2D eigenvalue weighted by molar-refractivity contribution is 0.0572. The number of hydrogen-bond donors (Lipinski definition) is 0. The highest BCUT2D eigenvalue weighted by molar-refractivity contribution is 6.29. The van der Waals surface area contributed by atoms with Gasteiger partial charge in [0.2, 0.25) is 0 Å². The number of amides is 1. The van der Waals surface area contributed by atoms with E-state index < -0.39 is 0 Å². The fourth-order valence-corrected chi connectivity index (χ4v) is 2.50. The van der Waals surface area contributed by atoms with Gasteiger partial charge < -0.3 is 9.80 Å². The van der Waals surface area contributed by atoms with Crippen molar-refractivity contribution in [1.29, 1.82) is 0 Å². The van der Waals surface area contributed by atoms with Crippen molar-refractivity contribution in [2.75, 3.05) is 26.7 Å². The van der Waals surface area contributed by atoms with Crippen molar-refractivity contribution in [2.45, 2.75) is 26.3 Å². The first-order valence-corrected chi connectivity index (χ1v) is 7.05. The molecule has 1 aromatic heterocycles. The molecule has 2 rings (SSSR count).